The molecular formula is C14H27N3O3S. The summed E-state index contributed by atoms with van der Waals surface area (Å²) in [4.78, 5) is 14.6. The molecule has 2 atom stereocenters. The molecule has 6 nitrogen and oxygen atoms in total. The summed E-state index contributed by atoms with van der Waals surface area (Å²) >= 11 is 0. The Balaban J connectivity index is 2.02. The van der Waals surface area contributed by atoms with Crippen molar-refractivity contribution in [1.29, 1.82) is 0 Å². The van der Waals surface area contributed by atoms with Gasteiger partial charge < -0.3 is 4.90 Å². The molecule has 122 valence electrons. The summed E-state index contributed by atoms with van der Waals surface area (Å²) in [6.07, 6.45) is 3.78. The van der Waals surface area contributed by atoms with Crippen LogP contribution in [-0.2, 0) is 15.0 Å². The number of nitrogens with zero attached hydrogens (tertiary/aromatic N) is 3. The third-order valence-electron chi connectivity index (χ3n) is 4.49. The fraction of sp³-hybridized carbons (Fsp3) is 0.929. The van der Waals surface area contributed by atoms with Crippen LogP contribution in [0.3, 0.4) is 0 Å². The van der Waals surface area contributed by atoms with E-state index in [0.29, 0.717) is 19.0 Å². The van der Waals surface area contributed by atoms with Crippen molar-refractivity contribution in [3.8, 4) is 0 Å². The highest BCUT2D eigenvalue weighted by Crippen LogP contribution is 2.24. The molecule has 2 heterocycles. The lowest BCUT2D eigenvalue weighted by Gasteiger charge is -2.37. The smallest absolute Gasteiger partial charge is 0.281 e. The molecule has 2 saturated heterocycles. The second-order valence-corrected chi connectivity index (χ2v) is 8.66. The first-order valence-electron chi connectivity index (χ1n) is 7.78. The van der Waals surface area contributed by atoms with Crippen LogP contribution in [-0.4, -0.2) is 68.1 Å². The van der Waals surface area contributed by atoms with E-state index in [4.69, 9.17) is 0 Å². The number of rotatable bonds is 3. The fourth-order valence-corrected chi connectivity index (χ4v) is 4.42. The average molecular weight is 317 g/mol. The minimum atomic E-state index is -3.41. The first-order chi connectivity index (χ1) is 9.82. The van der Waals surface area contributed by atoms with E-state index in [9.17, 15) is 13.2 Å². The summed E-state index contributed by atoms with van der Waals surface area (Å²) in [5, 5.41) is 0. The molecule has 2 rings (SSSR count). The van der Waals surface area contributed by atoms with Gasteiger partial charge in [-0.05, 0) is 31.6 Å². The summed E-state index contributed by atoms with van der Waals surface area (Å²) in [5.41, 5.74) is 0. The van der Waals surface area contributed by atoms with Gasteiger partial charge in [0.25, 0.3) is 10.2 Å². The van der Waals surface area contributed by atoms with Crippen molar-refractivity contribution in [2.24, 2.45) is 11.8 Å². The van der Waals surface area contributed by atoms with Gasteiger partial charge in [-0.15, -0.1) is 0 Å². The van der Waals surface area contributed by atoms with Crippen molar-refractivity contribution in [3.05, 3.63) is 0 Å². The van der Waals surface area contributed by atoms with Gasteiger partial charge in [-0.25, -0.2) is 0 Å². The number of hydrogen-bond acceptors (Lipinski definition) is 3. The van der Waals surface area contributed by atoms with Crippen LogP contribution < -0.4 is 0 Å². The van der Waals surface area contributed by atoms with Gasteiger partial charge in [0, 0.05) is 40.3 Å². The van der Waals surface area contributed by atoms with Crippen LogP contribution in [0, 0.1) is 11.8 Å². The summed E-state index contributed by atoms with van der Waals surface area (Å²) < 4.78 is 27.1. The number of hydrogen-bond donors (Lipinski definition) is 0. The summed E-state index contributed by atoms with van der Waals surface area (Å²) in [5.74, 6) is 0.506. The molecule has 7 heteroatoms. The third-order valence-corrected chi connectivity index (χ3v) is 6.40. The van der Waals surface area contributed by atoms with E-state index in [1.54, 1.807) is 0 Å². The highest BCUT2D eigenvalue weighted by Gasteiger charge is 2.35. The van der Waals surface area contributed by atoms with Crippen molar-refractivity contribution >= 4 is 16.1 Å². The second-order valence-electron chi connectivity index (χ2n) is 6.52. The molecule has 0 radical (unpaired) electrons. The van der Waals surface area contributed by atoms with Gasteiger partial charge in [-0.1, -0.05) is 6.92 Å². The van der Waals surface area contributed by atoms with Crippen LogP contribution in [0.25, 0.3) is 0 Å². The molecule has 21 heavy (non-hydrogen) atoms. The maximum Gasteiger partial charge on any atom is 0.281 e. The van der Waals surface area contributed by atoms with E-state index >= 15 is 0 Å². The Morgan fingerprint density at radius 1 is 1.10 bits per heavy atom. The highest BCUT2D eigenvalue weighted by molar-refractivity contribution is 7.86. The molecule has 0 aliphatic carbocycles. The number of amides is 1. The van der Waals surface area contributed by atoms with Crippen LogP contribution in [0.15, 0.2) is 0 Å². The second kappa shape index (κ2) is 6.62. The summed E-state index contributed by atoms with van der Waals surface area (Å²) in [7, 11) is -0.342. The van der Waals surface area contributed by atoms with Crippen molar-refractivity contribution in [3.63, 3.8) is 0 Å². The zero-order valence-electron chi connectivity index (χ0n) is 13.3. The quantitative estimate of drug-likeness (QED) is 0.772. The Hall–Kier alpha value is -0.660. The molecule has 2 aliphatic rings. The molecule has 0 aromatic rings. The maximum atomic E-state index is 12.6. The lowest BCUT2D eigenvalue weighted by Crippen LogP contribution is -2.50. The molecule has 0 bridgehead atoms. The van der Waals surface area contributed by atoms with E-state index in [0.717, 1.165) is 32.4 Å². The van der Waals surface area contributed by atoms with Crippen molar-refractivity contribution in [2.45, 2.75) is 32.6 Å². The Morgan fingerprint density at radius 3 is 2.38 bits per heavy atom. The van der Waals surface area contributed by atoms with Crippen molar-refractivity contribution in [1.82, 2.24) is 13.5 Å². The number of carbonyl (C=O) groups excluding carboxylic acids is 1. The topological polar surface area (TPSA) is 60.9 Å². The predicted octanol–water partition coefficient (Wildman–Crippen LogP) is 0.763. The van der Waals surface area contributed by atoms with Gasteiger partial charge in [-0.2, -0.15) is 17.0 Å². The first-order valence-corrected chi connectivity index (χ1v) is 9.18. The molecule has 0 saturated carbocycles. The van der Waals surface area contributed by atoms with Gasteiger partial charge in [0.2, 0.25) is 5.91 Å². The highest BCUT2D eigenvalue weighted by atomic mass is 32.2. The Labute approximate surface area is 128 Å². The molecule has 0 unspecified atom stereocenters. The van der Waals surface area contributed by atoms with Gasteiger partial charge >= 0.3 is 0 Å². The molecule has 0 aromatic heterocycles. The first kappa shape index (κ1) is 16.7. The fourth-order valence-electron chi connectivity index (χ4n) is 3.23. The normalized spacial score (nSPS) is 28.9. The molecule has 0 aromatic carbocycles. The molecule has 1 amide bonds. The Morgan fingerprint density at radius 2 is 1.76 bits per heavy atom. The lowest BCUT2D eigenvalue weighted by molar-refractivity contribution is -0.138. The standard InChI is InChI=1S/C14H27N3O3S/c1-12-6-4-8-16(10-12)14(18)13-7-5-9-17(11-13)21(19,20)15(2)3/h12-13H,4-11H2,1-3H3/t12-,13+/m0/s1. The molecular weight excluding hydrogens is 290 g/mol. The van der Waals surface area contributed by atoms with E-state index < -0.39 is 10.2 Å². The zero-order valence-corrected chi connectivity index (χ0v) is 14.1. The Kier molecular flexibility index (Phi) is 5.27. The van der Waals surface area contributed by atoms with E-state index in [1.807, 2.05) is 4.90 Å². The minimum Gasteiger partial charge on any atom is -0.342 e. The average Bonchev–Trinajstić information content (AvgIpc) is 2.46. The maximum absolute atomic E-state index is 12.6. The summed E-state index contributed by atoms with van der Waals surface area (Å²) in [6, 6.07) is 0. The monoisotopic (exact) mass is 317 g/mol. The largest absolute Gasteiger partial charge is 0.342 e. The molecule has 2 aliphatic heterocycles. The SMILES string of the molecule is C[C@H]1CCCN(C(=O)[C@@H]2CCCN(S(=O)(=O)N(C)C)C2)C1. The zero-order chi connectivity index (χ0) is 15.6. The Bertz CT molecular complexity index is 478. The molecule has 0 spiro atoms. The van der Waals surface area contributed by atoms with Crippen LogP contribution in [0.2, 0.25) is 0 Å². The van der Waals surface area contributed by atoms with Gasteiger partial charge in [-0.3, -0.25) is 4.79 Å². The number of piperidine rings is 2. The third kappa shape index (κ3) is 3.76. The van der Waals surface area contributed by atoms with Crippen LogP contribution in [0.5, 0.6) is 0 Å². The van der Waals surface area contributed by atoms with Gasteiger partial charge in [0.1, 0.15) is 0 Å². The van der Waals surface area contributed by atoms with Crippen LogP contribution >= 0.6 is 0 Å². The number of carbonyl (C=O) groups is 1. The number of likely N-dealkylation sites (tertiary alicyclic amines) is 1. The van der Waals surface area contributed by atoms with Crippen LogP contribution in [0.1, 0.15) is 32.6 Å². The van der Waals surface area contributed by atoms with E-state index in [2.05, 4.69) is 6.92 Å². The van der Waals surface area contributed by atoms with E-state index in [1.165, 1.54) is 29.1 Å². The summed E-state index contributed by atoms with van der Waals surface area (Å²) in [6.45, 7) is 4.64. The van der Waals surface area contributed by atoms with Crippen LogP contribution in [0.4, 0.5) is 0 Å². The molecule has 0 N–H and O–H groups in total. The lowest BCUT2D eigenvalue weighted by atomic mass is 9.94. The van der Waals surface area contributed by atoms with Crippen molar-refractivity contribution in [2.75, 3.05) is 40.3 Å². The van der Waals surface area contributed by atoms with Crippen molar-refractivity contribution < 1.29 is 13.2 Å². The predicted molar refractivity (Wildman–Crippen MR) is 81.9 cm³/mol. The van der Waals surface area contributed by atoms with E-state index in [-0.39, 0.29) is 11.8 Å². The molecule has 2 fully saturated rings. The van der Waals surface area contributed by atoms with Gasteiger partial charge in [0.05, 0.1) is 5.92 Å². The van der Waals surface area contributed by atoms with Gasteiger partial charge in [0.15, 0.2) is 0 Å². The minimum absolute atomic E-state index is 0.139.